The number of para-hydroxylation sites is 3. The summed E-state index contributed by atoms with van der Waals surface area (Å²) in [6, 6.07) is 14.0. The number of ether oxygens (including phenoxy) is 4. The van der Waals surface area contributed by atoms with Crippen LogP contribution in [0.1, 0.15) is 25.7 Å². The summed E-state index contributed by atoms with van der Waals surface area (Å²) < 4.78 is 22.2. The average Bonchev–Trinajstić information content (AvgIpc) is 2.83. The SMILES string of the molecule is COc1ccccc1N1CCN(CCCCCCOc2c(OC)cccc2OC)CC1. The Balaban J connectivity index is 1.30. The number of rotatable bonds is 12. The van der Waals surface area contributed by atoms with Crippen LogP contribution < -0.4 is 23.8 Å². The van der Waals surface area contributed by atoms with Gasteiger partial charge in [0, 0.05) is 26.2 Å². The van der Waals surface area contributed by atoms with Crippen LogP contribution >= 0.6 is 0 Å². The molecule has 6 nitrogen and oxygen atoms in total. The van der Waals surface area contributed by atoms with Crippen molar-refractivity contribution in [1.29, 1.82) is 0 Å². The van der Waals surface area contributed by atoms with Crippen LogP contribution in [0.5, 0.6) is 23.0 Å². The third kappa shape index (κ3) is 6.44. The van der Waals surface area contributed by atoms with Gasteiger partial charge in [-0.1, -0.05) is 31.0 Å². The topological polar surface area (TPSA) is 43.4 Å². The van der Waals surface area contributed by atoms with Gasteiger partial charge in [0.15, 0.2) is 11.5 Å². The maximum Gasteiger partial charge on any atom is 0.203 e. The number of hydrogen-bond donors (Lipinski definition) is 0. The molecule has 6 heteroatoms. The van der Waals surface area contributed by atoms with Crippen LogP contribution in [0.2, 0.25) is 0 Å². The van der Waals surface area contributed by atoms with Crippen LogP contribution in [0.15, 0.2) is 42.5 Å². The smallest absolute Gasteiger partial charge is 0.203 e. The molecule has 2 aromatic rings. The second-order valence-corrected chi connectivity index (χ2v) is 7.75. The second-order valence-electron chi connectivity index (χ2n) is 7.75. The van der Waals surface area contributed by atoms with Crippen molar-refractivity contribution in [2.24, 2.45) is 0 Å². The maximum absolute atomic E-state index is 5.94. The van der Waals surface area contributed by atoms with Gasteiger partial charge in [-0.3, -0.25) is 4.90 Å². The number of piperazine rings is 1. The highest BCUT2D eigenvalue weighted by molar-refractivity contribution is 5.58. The van der Waals surface area contributed by atoms with Gasteiger partial charge in [-0.15, -0.1) is 0 Å². The van der Waals surface area contributed by atoms with Gasteiger partial charge in [-0.25, -0.2) is 0 Å². The lowest BCUT2D eigenvalue weighted by Crippen LogP contribution is -2.46. The predicted octanol–water partition coefficient (Wildman–Crippen LogP) is 4.47. The standard InChI is InChI=1S/C25H36N2O4/c1-28-22-12-7-6-11-21(22)27-18-16-26(17-19-27)15-8-4-5-9-20-31-25-23(29-2)13-10-14-24(25)30-3/h6-7,10-14H,4-5,8-9,15-20H2,1-3H3. The third-order valence-corrected chi connectivity index (χ3v) is 5.80. The molecule has 0 saturated carbocycles. The monoisotopic (exact) mass is 428 g/mol. The molecule has 1 fully saturated rings. The maximum atomic E-state index is 5.94. The van der Waals surface area contributed by atoms with Crippen LogP contribution in [0.3, 0.4) is 0 Å². The molecule has 31 heavy (non-hydrogen) atoms. The van der Waals surface area contributed by atoms with Crippen LogP contribution in [0, 0.1) is 0 Å². The predicted molar refractivity (Wildman–Crippen MR) is 125 cm³/mol. The Hall–Kier alpha value is -2.60. The Kier molecular flexibility index (Phi) is 9.16. The van der Waals surface area contributed by atoms with Gasteiger partial charge in [-0.2, -0.15) is 0 Å². The van der Waals surface area contributed by atoms with E-state index < -0.39 is 0 Å². The minimum atomic E-state index is 0.675. The van der Waals surface area contributed by atoms with Crippen LogP contribution in [-0.2, 0) is 0 Å². The molecule has 0 unspecified atom stereocenters. The van der Waals surface area contributed by atoms with Gasteiger partial charge in [-0.05, 0) is 43.7 Å². The first-order chi connectivity index (χ1) is 15.3. The molecule has 3 rings (SSSR count). The number of nitrogens with zero attached hydrogens (tertiary/aromatic N) is 2. The summed E-state index contributed by atoms with van der Waals surface area (Å²) in [5.74, 6) is 3.09. The molecule has 0 aliphatic carbocycles. The number of hydrogen-bond acceptors (Lipinski definition) is 6. The van der Waals surface area contributed by atoms with E-state index >= 15 is 0 Å². The Morgan fingerprint density at radius 1 is 0.677 bits per heavy atom. The van der Waals surface area contributed by atoms with E-state index in [-0.39, 0.29) is 0 Å². The highest BCUT2D eigenvalue weighted by atomic mass is 16.5. The van der Waals surface area contributed by atoms with Gasteiger partial charge in [0.25, 0.3) is 0 Å². The van der Waals surface area contributed by atoms with Crippen LogP contribution in [0.4, 0.5) is 5.69 Å². The number of unbranched alkanes of at least 4 members (excludes halogenated alkanes) is 3. The fourth-order valence-electron chi connectivity index (χ4n) is 4.03. The van der Waals surface area contributed by atoms with Gasteiger partial charge in [0.1, 0.15) is 5.75 Å². The zero-order chi connectivity index (χ0) is 21.9. The van der Waals surface area contributed by atoms with E-state index in [2.05, 4.69) is 21.9 Å². The highest BCUT2D eigenvalue weighted by Gasteiger charge is 2.19. The van der Waals surface area contributed by atoms with Crippen molar-refractivity contribution in [1.82, 2.24) is 4.90 Å². The second kappa shape index (κ2) is 12.3. The number of benzene rings is 2. The summed E-state index contributed by atoms with van der Waals surface area (Å²) in [6.07, 6.45) is 4.65. The minimum Gasteiger partial charge on any atom is -0.495 e. The van der Waals surface area contributed by atoms with E-state index in [0.29, 0.717) is 23.9 Å². The van der Waals surface area contributed by atoms with Gasteiger partial charge >= 0.3 is 0 Å². The Labute approximate surface area is 186 Å². The van der Waals surface area contributed by atoms with E-state index in [4.69, 9.17) is 18.9 Å². The molecule has 1 aliphatic heterocycles. The van der Waals surface area contributed by atoms with E-state index in [1.54, 1.807) is 21.3 Å². The molecule has 0 aromatic heterocycles. The molecular weight excluding hydrogens is 392 g/mol. The Bertz CT molecular complexity index is 769. The van der Waals surface area contributed by atoms with Gasteiger partial charge in [0.05, 0.1) is 33.6 Å². The van der Waals surface area contributed by atoms with Gasteiger partial charge < -0.3 is 23.8 Å². The summed E-state index contributed by atoms with van der Waals surface area (Å²) in [6.45, 7) is 6.16. The summed E-state index contributed by atoms with van der Waals surface area (Å²) in [7, 11) is 5.04. The largest absolute Gasteiger partial charge is 0.495 e. The molecule has 1 heterocycles. The molecular formula is C25H36N2O4. The van der Waals surface area contributed by atoms with E-state index in [9.17, 15) is 0 Å². The van der Waals surface area contributed by atoms with E-state index in [1.165, 1.54) is 31.5 Å². The Morgan fingerprint density at radius 2 is 1.29 bits per heavy atom. The van der Waals surface area contributed by atoms with Crippen LogP contribution in [0.25, 0.3) is 0 Å². The lowest BCUT2D eigenvalue weighted by Gasteiger charge is -2.36. The molecule has 0 radical (unpaired) electrons. The molecule has 0 N–H and O–H groups in total. The molecule has 170 valence electrons. The lowest BCUT2D eigenvalue weighted by molar-refractivity contribution is 0.246. The first kappa shape index (κ1) is 23.1. The third-order valence-electron chi connectivity index (χ3n) is 5.80. The summed E-state index contributed by atoms with van der Waals surface area (Å²) in [5.41, 5.74) is 1.20. The molecule has 2 aromatic carbocycles. The molecule has 0 spiro atoms. The highest BCUT2D eigenvalue weighted by Crippen LogP contribution is 2.36. The molecule has 0 amide bonds. The van der Waals surface area contributed by atoms with Crippen molar-refractivity contribution < 1.29 is 18.9 Å². The van der Waals surface area contributed by atoms with Crippen molar-refractivity contribution in [3.8, 4) is 23.0 Å². The van der Waals surface area contributed by atoms with Crippen molar-refractivity contribution in [2.45, 2.75) is 25.7 Å². The fourth-order valence-corrected chi connectivity index (χ4v) is 4.03. The molecule has 0 atom stereocenters. The van der Waals surface area contributed by atoms with Crippen molar-refractivity contribution >= 4 is 5.69 Å². The normalized spacial score (nSPS) is 14.4. The summed E-state index contributed by atoms with van der Waals surface area (Å²) in [5, 5.41) is 0. The van der Waals surface area contributed by atoms with E-state index in [0.717, 1.165) is 38.3 Å². The zero-order valence-electron chi connectivity index (χ0n) is 19.1. The zero-order valence-corrected chi connectivity index (χ0v) is 19.1. The average molecular weight is 429 g/mol. The van der Waals surface area contributed by atoms with Crippen molar-refractivity contribution in [2.75, 3.05) is 65.6 Å². The number of methoxy groups -OCH3 is 3. The first-order valence-electron chi connectivity index (χ1n) is 11.2. The lowest BCUT2D eigenvalue weighted by atomic mass is 10.1. The first-order valence-corrected chi connectivity index (χ1v) is 11.2. The summed E-state index contributed by atoms with van der Waals surface area (Å²) >= 11 is 0. The van der Waals surface area contributed by atoms with Crippen molar-refractivity contribution in [3.63, 3.8) is 0 Å². The van der Waals surface area contributed by atoms with Crippen molar-refractivity contribution in [3.05, 3.63) is 42.5 Å². The summed E-state index contributed by atoms with van der Waals surface area (Å²) in [4.78, 5) is 5.00. The van der Waals surface area contributed by atoms with E-state index in [1.807, 2.05) is 30.3 Å². The fraction of sp³-hybridized carbons (Fsp3) is 0.520. The number of anilines is 1. The Morgan fingerprint density at radius 3 is 1.97 bits per heavy atom. The molecule has 1 aliphatic rings. The van der Waals surface area contributed by atoms with Crippen LogP contribution in [-0.4, -0.2) is 65.6 Å². The minimum absolute atomic E-state index is 0.675. The van der Waals surface area contributed by atoms with Gasteiger partial charge in [0.2, 0.25) is 5.75 Å². The molecule has 1 saturated heterocycles. The quantitative estimate of drug-likeness (QED) is 0.465. The molecule has 0 bridgehead atoms.